The van der Waals surface area contributed by atoms with E-state index in [1.54, 1.807) is 7.11 Å². The molecule has 0 bridgehead atoms. The predicted molar refractivity (Wildman–Crippen MR) is 105 cm³/mol. The van der Waals surface area contributed by atoms with Gasteiger partial charge in [0.05, 0.1) is 6.61 Å². The molecule has 0 heterocycles. The van der Waals surface area contributed by atoms with Gasteiger partial charge in [-0.25, -0.2) is 4.79 Å². The first kappa shape index (κ1) is 24.5. The van der Waals surface area contributed by atoms with Gasteiger partial charge in [0.15, 0.2) is 5.96 Å². The van der Waals surface area contributed by atoms with E-state index in [1.165, 1.54) is 0 Å². The van der Waals surface area contributed by atoms with Crippen molar-refractivity contribution in [1.29, 1.82) is 0 Å². The Morgan fingerprint density at radius 3 is 2.43 bits per heavy atom. The molecule has 0 aromatic carbocycles. The summed E-state index contributed by atoms with van der Waals surface area (Å²) in [5, 5.41) is 9.14. The van der Waals surface area contributed by atoms with Gasteiger partial charge >= 0.3 is 6.09 Å². The van der Waals surface area contributed by atoms with Crippen LogP contribution in [0, 0.1) is 0 Å². The van der Waals surface area contributed by atoms with Crippen molar-refractivity contribution < 1.29 is 14.3 Å². The number of amides is 1. The number of carbonyl (C=O) groups is 1. The molecule has 0 spiro atoms. The molecule has 0 saturated heterocycles. The van der Waals surface area contributed by atoms with Crippen molar-refractivity contribution in [1.82, 2.24) is 16.0 Å². The van der Waals surface area contributed by atoms with E-state index < -0.39 is 11.7 Å². The third-order valence-electron chi connectivity index (χ3n) is 2.42. The molecule has 138 valence electrons. The van der Waals surface area contributed by atoms with Gasteiger partial charge in [-0.05, 0) is 41.0 Å². The van der Waals surface area contributed by atoms with Gasteiger partial charge in [-0.1, -0.05) is 0 Å². The minimum Gasteiger partial charge on any atom is -0.444 e. The van der Waals surface area contributed by atoms with E-state index in [0.717, 1.165) is 18.9 Å². The number of hydrogen-bond acceptors (Lipinski definition) is 4. The standard InChI is InChI=1S/C15H32N4O3.HI/c1-7-16-13(19-12(2)11-21-6)17-9-8-10-18-14(20)22-15(3,4)5;/h12H,7-11H2,1-6H3,(H,18,20)(H2,16,17,19);1H. The van der Waals surface area contributed by atoms with Crippen LogP contribution in [0.25, 0.3) is 0 Å². The summed E-state index contributed by atoms with van der Waals surface area (Å²) in [6, 6.07) is 0.183. The molecule has 1 amide bonds. The van der Waals surface area contributed by atoms with Crippen LogP contribution in [-0.2, 0) is 9.47 Å². The normalized spacial score (nSPS) is 12.9. The van der Waals surface area contributed by atoms with Crippen LogP contribution in [0.2, 0.25) is 0 Å². The molecule has 0 aromatic heterocycles. The van der Waals surface area contributed by atoms with Crippen LogP contribution in [0.3, 0.4) is 0 Å². The number of nitrogens with zero attached hydrogens (tertiary/aromatic N) is 1. The third-order valence-corrected chi connectivity index (χ3v) is 2.42. The van der Waals surface area contributed by atoms with E-state index in [0.29, 0.717) is 19.7 Å². The molecule has 0 aliphatic carbocycles. The van der Waals surface area contributed by atoms with Crippen molar-refractivity contribution in [3.8, 4) is 0 Å². The highest BCUT2D eigenvalue weighted by molar-refractivity contribution is 14.0. The molecule has 7 nitrogen and oxygen atoms in total. The molecule has 8 heteroatoms. The summed E-state index contributed by atoms with van der Waals surface area (Å²) in [6.07, 6.45) is 0.351. The summed E-state index contributed by atoms with van der Waals surface area (Å²) in [5.41, 5.74) is -0.470. The van der Waals surface area contributed by atoms with Crippen molar-refractivity contribution in [3.63, 3.8) is 0 Å². The molecule has 1 atom stereocenters. The zero-order chi connectivity index (χ0) is 17.0. The SMILES string of the molecule is CCNC(=NCCCNC(=O)OC(C)(C)C)NC(C)COC.I. The fraction of sp³-hybridized carbons (Fsp3) is 0.867. The van der Waals surface area contributed by atoms with Gasteiger partial charge in [-0.15, -0.1) is 24.0 Å². The molecule has 0 aliphatic heterocycles. The summed E-state index contributed by atoms with van der Waals surface area (Å²) in [4.78, 5) is 15.9. The molecule has 1 unspecified atom stereocenters. The summed E-state index contributed by atoms with van der Waals surface area (Å²) >= 11 is 0. The first-order chi connectivity index (χ1) is 10.3. The van der Waals surface area contributed by atoms with E-state index in [2.05, 4.69) is 20.9 Å². The second-order valence-electron chi connectivity index (χ2n) is 6.04. The lowest BCUT2D eigenvalue weighted by molar-refractivity contribution is 0.0527. The van der Waals surface area contributed by atoms with E-state index >= 15 is 0 Å². The molecule has 0 aliphatic rings. The van der Waals surface area contributed by atoms with E-state index in [9.17, 15) is 4.79 Å². The summed E-state index contributed by atoms with van der Waals surface area (Å²) in [7, 11) is 1.67. The maximum Gasteiger partial charge on any atom is 0.407 e. The molecular weight excluding hydrogens is 411 g/mol. The van der Waals surface area contributed by atoms with Crippen molar-refractivity contribution in [2.75, 3.05) is 33.4 Å². The molecule has 3 N–H and O–H groups in total. The highest BCUT2D eigenvalue weighted by Gasteiger charge is 2.15. The number of halogens is 1. The van der Waals surface area contributed by atoms with Crippen molar-refractivity contribution in [3.05, 3.63) is 0 Å². The number of nitrogens with one attached hydrogen (secondary N) is 3. The van der Waals surface area contributed by atoms with Crippen LogP contribution in [0.5, 0.6) is 0 Å². The van der Waals surface area contributed by atoms with Crippen molar-refractivity contribution >= 4 is 36.0 Å². The number of aliphatic imine (C=N–C) groups is 1. The minimum absolute atomic E-state index is 0. The lowest BCUT2D eigenvalue weighted by atomic mass is 10.2. The zero-order valence-corrected chi connectivity index (χ0v) is 17.5. The Labute approximate surface area is 157 Å². The number of ether oxygens (including phenoxy) is 2. The molecule has 0 radical (unpaired) electrons. The second-order valence-corrected chi connectivity index (χ2v) is 6.04. The Balaban J connectivity index is 0. The molecule has 0 aromatic rings. The maximum absolute atomic E-state index is 11.5. The van der Waals surface area contributed by atoms with Crippen LogP contribution >= 0.6 is 24.0 Å². The lowest BCUT2D eigenvalue weighted by Crippen LogP contribution is -2.44. The van der Waals surface area contributed by atoms with Crippen molar-refractivity contribution in [2.24, 2.45) is 4.99 Å². The largest absolute Gasteiger partial charge is 0.444 e. The highest BCUT2D eigenvalue weighted by atomic mass is 127. The quantitative estimate of drug-likeness (QED) is 0.231. The lowest BCUT2D eigenvalue weighted by Gasteiger charge is -2.19. The highest BCUT2D eigenvalue weighted by Crippen LogP contribution is 2.06. The molecule has 0 saturated carbocycles. The van der Waals surface area contributed by atoms with Crippen LogP contribution in [-0.4, -0.2) is 57.0 Å². The van der Waals surface area contributed by atoms with Crippen LogP contribution < -0.4 is 16.0 Å². The van der Waals surface area contributed by atoms with E-state index in [4.69, 9.17) is 9.47 Å². The average Bonchev–Trinajstić information content (AvgIpc) is 2.36. The third kappa shape index (κ3) is 15.9. The average molecular weight is 444 g/mol. The Bertz CT molecular complexity index is 346. The predicted octanol–water partition coefficient (Wildman–Crippen LogP) is 2.11. The maximum atomic E-state index is 11.5. The summed E-state index contributed by atoms with van der Waals surface area (Å²) in [6.45, 7) is 12.1. The molecule has 23 heavy (non-hydrogen) atoms. The van der Waals surface area contributed by atoms with Gasteiger partial charge in [0.2, 0.25) is 0 Å². The van der Waals surface area contributed by atoms with Crippen LogP contribution in [0.15, 0.2) is 4.99 Å². The second kappa shape index (κ2) is 13.6. The van der Waals surface area contributed by atoms with Crippen LogP contribution in [0.1, 0.15) is 41.0 Å². The Kier molecular flexibility index (Phi) is 14.5. The first-order valence-electron chi connectivity index (χ1n) is 7.79. The smallest absolute Gasteiger partial charge is 0.407 e. The molecule has 0 fully saturated rings. The van der Waals surface area contributed by atoms with E-state index in [-0.39, 0.29) is 30.0 Å². The molecule has 0 rings (SSSR count). The number of carbonyl (C=O) groups excluding carboxylic acids is 1. The first-order valence-corrected chi connectivity index (χ1v) is 7.79. The Hall–Kier alpha value is -0.770. The number of hydrogen-bond donors (Lipinski definition) is 3. The Morgan fingerprint density at radius 2 is 1.91 bits per heavy atom. The van der Waals surface area contributed by atoms with Gasteiger partial charge in [0.25, 0.3) is 0 Å². The van der Waals surface area contributed by atoms with Crippen LogP contribution in [0.4, 0.5) is 4.79 Å². The monoisotopic (exact) mass is 444 g/mol. The topological polar surface area (TPSA) is 84.0 Å². The zero-order valence-electron chi connectivity index (χ0n) is 15.2. The van der Waals surface area contributed by atoms with Gasteiger partial charge < -0.3 is 25.4 Å². The number of guanidine groups is 1. The van der Waals surface area contributed by atoms with Gasteiger partial charge in [0, 0.05) is 32.8 Å². The fourth-order valence-corrected chi connectivity index (χ4v) is 1.62. The van der Waals surface area contributed by atoms with E-state index in [1.807, 2.05) is 34.6 Å². The minimum atomic E-state index is -0.470. The van der Waals surface area contributed by atoms with Gasteiger partial charge in [0.1, 0.15) is 5.60 Å². The summed E-state index contributed by atoms with van der Waals surface area (Å²) in [5.74, 6) is 0.754. The summed E-state index contributed by atoms with van der Waals surface area (Å²) < 4.78 is 10.2. The van der Waals surface area contributed by atoms with Crippen molar-refractivity contribution in [2.45, 2.75) is 52.7 Å². The fourth-order valence-electron chi connectivity index (χ4n) is 1.62. The number of rotatable bonds is 8. The van der Waals surface area contributed by atoms with Gasteiger partial charge in [-0.2, -0.15) is 0 Å². The van der Waals surface area contributed by atoms with Gasteiger partial charge in [-0.3, -0.25) is 4.99 Å². The molecular formula is C15H33IN4O3. The number of methoxy groups -OCH3 is 1. The number of alkyl carbamates (subject to hydrolysis) is 1. The Morgan fingerprint density at radius 1 is 1.26 bits per heavy atom.